The third kappa shape index (κ3) is 5.28. The highest BCUT2D eigenvalue weighted by molar-refractivity contribution is 8.00. The number of hydrogen-bond donors (Lipinski definition) is 1. The van der Waals surface area contributed by atoms with Gasteiger partial charge in [-0.25, -0.2) is 4.39 Å². The van der Waals surface area contributed by atoms with E-state index in [0.29, 0.717) is 54.5 Å². The molecule has 1 fully saturated rings. The number of methoxy groups -OCH3 is 1. The van der Waals surface area contributed by atoms with Gasteiger partial charge < -0.3 is 19.7 Å². The Hall–Kier alpha value is -3.11. The van der Waals surface area contributed by atoms with Gasteiger partial charge in [-0.1, -0.05) is 23.9 Å². The van der Waals surface area contributed by atoms with Gasteiger partial charge in [-0.05, 0) is 49.7 Å². The Morgan fingerprint density at radius 1 is 1.21 bits per heavy atom. The number of morpholine rings is 1. The summed E-state index contributed by atoms with van der Waals surface area (Å²) in [6.07, 6.45) is 0. The topological polar surface area (TPSA) is 81.5 Å². The number of rotatable bonds is 7. The summed E-state index contributed by atoms with van der Waals surface area (Å²) in [6, 6.07) is 11.9. The Labute approximate surface area is 196 Å². The van der Waals surface area contributed by atoms with Crippen LogP contribution in [0.4, 0.5) is 16.0 Å². The normalized spacial score (nSPS) is 14.7. The minimum absolute atomic E-state index is 0.203. The third-order valence-electron chi connectivity index (χ3n) is 5.24. The molecule has 0 aliphatic carbocycles. The second-order valence-corrected chi connectivity index (χ2v) is 8.96. The van der Waals surface area contributed by atoms with Crippen LogP contribution in [-0.4, -0.2) is 59.3 Å². The number of amides is 1. The van der Waals surface area contributed by atoms with Crippen LogP contribution in [-0.2, 0) is 9.53 Å². The number of hydrogen-bond acceptors (Lipinski definition) is 7. The lowest BCUT2D eigenvalue weighted by Crippen LogP contribution is -2.38. The Morgan fingerprint density at radius 2 is 2.00 bits per heavy atom. The zero-order valence-electron chi connectivity index (χ0n) is 18.7. The van der Waals surface area contributed by atoms with E-state index in [1.54, 1.807) is 30.7 Å². The van der Waals surface area contributed by atoms with Crippen molar-refractivity contribution in [3.8, 4) is 11.4 Å². The number of anilines is 2. The van der Waals surface area contributed by atoms with E-state index in [9.17, 15) is 9.18 Å². The van der Waals surface area contributed by atoms with Crippen LogP contribution in [0.2, 0.25) is 0 Å². The molecule has 1 atom stereocenters. The van der Waals surface area contributed by atoms with Gasteiger partial charge in [0.1, 0.15) is 11.6 Å². The molecule has 0 saturated carbocycles. The number of carbonyl (C=O) groups is 1. The van der Waals surface area contributed by atoms with Crippen LogP contribution in [0, 0.1) is 12.7 Å². The molecule has 1 aliphatic heterocycles. The molecule has 10 heteroatoms. The van der Waals surface area contributed by atoms with E-state index >= 15 is 0 Å². The minimum Gasteiger partial charge on any atom is -0.495 e. The van der Waals surface area contributed by atoms with Crippen molar-refractivity contribution >= 4 is 29.3 Å². The molecule has 1 N–H and O–H groups in total. The first-order valence-corrected chi connectivity index (χ1v) is 11.5. The van der Waals surface area contributed by atoms with Crippen LogP contribution in [0.25, 0.3) is 5.69 Å². The molecule has 3 aromatic rings. The van der Waals surface area contributed by atoms with Gasteiger partial charge in [0.15, 0.2) is 5.16 Å². The van der Waals surface area contributed by atoms with Gasteiger partial charge in [0.25, 0.3) is 0 Å². The highest BCUT2D eigenvalue weighted by Gasteiger charge is 2.25. The summed E-state index contributed by atoms with van der Waals surface area (Å²) in [5.74, 6) is 0.621. The molecule has 174 valence electrons. The molecule has 1 amide bonds. The molecular weight excluding hydrogens is 445 g/mol. The fourth-order valence-electron chi connectivity index (χ4n) is 3.51. The standard InChI is InChI=1S/C23H26FN5O3S/c1-15-7-8-20(31-3)19(13-15)25-21(30)16(2)33-23-27-26-22(28-9-11-32-12-10-28)29(23)18-6-4-5-17(24)14-18/h4-8,13-14,16H,9-12H2,1-3H3,(H,25,30). The highest BCUT2D eigenvalue weighted by atomic mass is 32.2. The zero-order chi connectivity index (χ0) is 23.4. The zero-order valence-corrected chi connectivity index (χ0v) is 19.6. The molecule has 2 heterocycles. The largest absolute Gasteiger partial charge is 0.495 e. The summed E-state index contributed by atoms with van der Waals surface area (Å²) >= 11 is 1.26. The second kappa shape index (κ2) is 10.2. The average Bonchev–Trinajstić information content (AvgIpc) is 3.23. The summed E-state index contributed by atoms with van der Waals surface area (Å²) in [5, 5.41) is 11.6. The number of halogens is 1. The maximum atomic E-state index is 14.0. The Morgan fingerprint density at radius 3 is 2.73 bits per heavy atom. The average molecular weight is 472 g/mol. The van der Waals surface area contributed by atoms with E-state index in [2.05, 4.69) is 15.5 Å². The third-order valence-corrected chi connectivity index (χ3v) is 6.28. The number of nitrogens with one attached hydrogen (secondary N) is 1. The molecule has 1 aliphatic rings. The fourth-order valence-corrected chi connectivity index (χ4v) is 4.38. The number of ether oxygens (including phenoxy) is 2. The summed E-state index contributed by atoms with van der Waals surface area (Å²) in [7, 11) is 1.56. The van der Waals surface area contributed by atoms with E-state index in [1.807, 2.05) is 30.0 Å². The molecule has 0 radical (unpaired) electrons. The number of benzene rings is 2. The summed E-state index contributed by atoms with van der Waals surface area (Å²) < 4.78 is 26.6. The van der Waals surface area contributed by atoms with Crippen LogP contribution in [0.1, 0.15) is 12.5 Å². The molecule has 33 heavy (non-hydrogen) atoms. The van der Waals surface area contributed by atoms with E-state index < -0.39 is 5.25 Å². The van der Waals surface area contributed by atoms with Crippen LogP contribution in [0.3, 0.4) is 0 Å². The van der Waals surface area contributed by atoms with Gasteiger partial charge in [0.05, 0.1) is 36.9 Å². The lowest BCUT2D eigenvalue weighted by Gasteiger charge is -2.28. The molecule has 1 unspecified atom stereocenters. The monoisotopic (exact) mass is 471 g/mol. The van der Waals surface area contributed by atoms with E-state index in [0.717, 1.165) is 5.56 Å². The van der Waals surface area contributed by atoms with Crippen LogP contribution < -0.4 is 15.0 Å². The molecule has 0 bridgehead atoms. The number of aryl methyl sites for hydroxylation is 1. The molecule has 0 spiro atoms. The molecular formula is C23H26FN5O3S. The molecule has 1 aromatic heterocycles. The van der Waals surface area contributed by atoms with Crippen molar-refractivity contribution in [3.05, 3.63) is 53.8 Å². The van der Waals surface area contributed by atoms with Gasteiger partial charge in [0.2, 0.25) is 11.9 Å². The summed E-state index contributed by atoms with van der Waals surface area (Å²) in [5.41, 5.74) is 2.21. The summed E-state index contributed by atoms with van der Waals surface area (Å²) in [6.45, 7) is 6.21. The molecule has 1 saturated heterocycles. The van der Waals surface area contributed by atoms with E-state index in [1.165, 1.54) is 23.9 Å². The lowest BCUT2D eigenvalue weighted by atomic mass is 10.2. The van der Waals surface area contributed by atoms with Gasteiger partial charge in [-0.3, -0.25) is 9.36 Å². The smallest absolute Gasteiger partial charge is 0.237 e. The maximum absolute atomic E-state index is 14.0. The van der Waals surface area contributed by atoms with Gasteiger partial charge in [0, 0.05) is 13.1 Å². The Bertz CT molecular complexity index is 1130. The number of carbonyl (C=O) groups excluding carboxylic acids is 1. The van der Waals surface area contributed by atoms with Gasteiger partial charge in [-0.2, -0.15) is 0 Å². The quantitative estimate of drug-likeness (QED) is 0.527. The van der Waals surface area contributed by atoms with Gasteiger partial charge >= 0.3 is 0 Å². The Balaban J connectivity index is 1.60. The van der Waals surface area contributed by atoms with E-state index in [-0.39, 0.29) is 11.7 Å². The van der Waals surface area contributed by atoms with Crippen molar-refractivity contribution in [1.29, 1.82) is 0 Å². The van der Waals surface area contributed by atoms with Crippen molar-refractivity contribution in [2.45, 2.75) is 24.3 Å². The predicted octanol–water partition coefficient (Wildman–Crippen LogP) is 3.68. The van der Waals surface area contributed by atoms with Crippen LogP contribution in [0.5, 0.6) is 5.75 Å². The molecule has 2 aromatic carbocycles. The van der Waals surface area contributed by atoms with Crippen LogP contribution >= 0.6 is 11.8 Å². The summed E-state index contributed by atoms with van der Waals surface area (Å²) in [4.78, 5) is 15.0. The first-order chi connectivity index (χ1) is 16.0. The number of nitrogens with zero attached hydrogens (tertiary/aromatic N) is 4. The van der Waals surface area contributed by atoms with E-state index in [4.69, 9.17) is 9.47 Å². The minimum atomic E-state index is -0.496. The van der Waals surface area contributed by atoms with Gasteiger partial charge in [-0.15, -0.1) is 10.2 Å². The van der Waals surface area contributed by atoms with Crippen molar-refractivity contribution in [2.75, 3.05) is 43.6 Å². The lowest BCUT2D eigenvalue weighted by molar-refractivity contribution is -0.115. The molecule has 8 nitrogen and oxygen atoms in total. The maximum Gasteiger partial charge on any atom is 0.237 e. The van der Waals surface area contributed by atoms with Crippen molar-refractivity contribution in [1.82, 2.24) is 14.8 Å². The Kier molecular flexibility index (Phi) is 7.14. The molecule has 4 rings (SSSR count). The van der Waals surface area contributed by atoms with Crippen molar-refractivity contribution < 1.29 is 18.7 Å². The first-order valence-electron chi connectivity index (χ1n) is 10.6. The SMILES string of the molecule is COc1ccc(C)cc1NC(=O)C(C)Sc1nnc(N2CCOCC2)n1-c1cccc(F)c1. The first kappa shape index (κ1) is 23.1. The second-order valence-electron chi connectivity index (χ2n) is 7.65. The fraction of sp³-hybridized carbons (Fsp3) is 0.348. The number of aromatic nitrogens is 3. The number of thioether (sulfide) groups is 1. The van der Waals surface area contributed by atoms with Crippen molar-refractivity contribution in [3.63, 3.8) is 0 Å². The predicted molar refractivity (Wildman–Crippen MR) is 126 cm³/mol. The highest BCUT2D eigenvalue weighted by Crippen LogP contribution is 2.31. The van der Waals surface area contributed by atoms with Crippen molar-refractivity contribution in [2.24, 2.45) is 0 Å². The van der Waals surface area contributed by atoms with Crippen LogP contribution in [0.15, 0.2) is 47.6 Å².